The van der Waals surface area contributed by atoms with E-state index < -0.39 is 12.5 Å². The monoisotopic (exact) mass is 309 g/mol. The number of carbonyl (C=O) groups excluding carboxylic acids is 1. The van der Waals surface area contributed by atoms with E-state index in [1.165, 1.54) is 26.3 Å². The molecule has 1 amide bonds. The lowest BCUT2D eigenvalue weighted by atomic mass is 10.1. The Bertz CT molecular complexity index is 485. The summed E-state index contributed by atoms with van der Waals surface area (Å²) in [5.41, 5.74) is -0.175. The number of hydrogen-bond donors (Lipinski definition) is 0. The van der Waals surface area contributed by atoms with Crippen LogP contribution in [0.15, 0.2) is 12.1 Å². The average molecular weight is 310 g/mol. The summed E-state index contributed by atoms with van der Waals surface area (Å²) in [7, 11) is 2.59. The normalized spacial score (nSPS) is 10.6. The first-order valence-corrected chi connectivity index (χ1v) is 6.01. The van der Waals surface area contributed by atoms with Crippen molar-refractivity contribution in [2.45, 2.75) is 13.5 Å². The second-order valence-electron chi connectivity index (χ2n) is 3.58. The molecule has 0 radical (unpaired) electrons. The lowest BCUT2D eigenvalue weighted by Crippen LogP contribution is -2.26. The molecule has 1 aromatic carbocycles. The van der Waals surface area contributed by atoms with Crippen molar-refractivity contribution < 1.29 is 27.9 Å². The van der Waals surface area contributed by atoms with Gasteiger partial charge in [-0.1, -0.05) is 11.6 Å². The maximum atomic E-state index is 12.5. The van der Waals surface area contributed by atoms with Crippen molar-refractivity contribution in [3.63, 3.8) is 0 Å². The highest BCUT2D eigenvalue weighted by atomic mass is 35.5. The number of hydrogen-bond acceptors (Lipinski definition) is 4. The molecule has 0 spiro atoms. The van der Waals surface area contributed by atoms with Gasteiger partial charge in [-0.15, -0.1) is 0 Å². The molecule has 0 heterocycles. The molecule has 20 heavy (non-hydrogen) atoms. The summed E-state index contributed by atoms with van der Waals surface area (Å²) < 4.78 is 34.6. The zero-order valence-electron chi connectivity index (χ0n) is 11.2. The van der Waals surface area contributed by atoms with Gasteiger partial charge >= 0.3 is 6.61 Å². The Morgan fingerprint density at radius 2 is 2.10 bits per heavy atom. The predicted molar refractivity (Wildman–Crippen MR) is 68.4 cm³/mol. The SMILES string of the molecule is CCOc1cc(Cl)cc(C(=O)N(C)OC)c1OC(F)F. The summed E-state index contributed by atoms with van der Waals surface area (Å²) in [6.07, 6.45) is 0. The molecule has 0 bridgehead atoms. The number of benzene rings is 1. The highest BCUT2D eigenvalue weighted by Crippen LogP contribution is 2.36. The zero-order chi connectivity index (χ0) is 15.3. The van der Waals surface area contributed by atoms with Crippen molar-refractivity contribution in [1.82, 2.24) is 5.06 Å². The third-order valence-corrected chi connectivity index (χ3v) is 2.53. The van der Waals surface area contributed by atoms with Crippen LogP contribution in [0.5, 0.6) is 11.5 Å². The molecule has 1 aromatic rings. The van der Waals surface area contributed by atoms with Gasteiger partial charge in [0.1, 0.15) is 0 Å². The molecular formula is C12H14ClF2NO4. The molecule has 0 aliphatic carbocycles. The number of halogens is 3. The van der Waals surface area contributed by atoms with Gasteiger partial charge in [0, 0.05) is 18.1 Å². The van der Waals surface area contributed by atoms with Crippen LogP contribution >= 0.6 is 11.6 Å². The second-order valence-corrected chi connectivity index (χ2v) is 4.01. The number of ether oxygens (including phenoxy) is 2. The van der Waals surface area contributed by atoms with Crippen LogP contribution < -0.4 is 9.47 Å². The van der Waals surface area contributed by atoms with Crippen LogP contribution in [-0.4, -0.2) is 38.3 Å². The molecule has 0 fully saturated rings. The fourth-order valence-electron chi connectivity index (χ4n) is 1.45. The third-order valence-electron chi connectivity index (χ3n) is 2.32. The molecule has 5 nitrogen and oxygen atoms in total. The summed E-state index contributed by atoms with van der Waals surface area (Å²) in [6, 6.07) is 2.51. The molecule has 0 unspecified atom stereocenters. The molecule has 8 heteroatoms. The Hall–Kier alpha value is -1.60. The van der Waals surface area contributed by atoms with Crippen molar-refractivity contribution >= 4 is 17.5 Å². The van der Waals surface area contributed by atoms with Crippen LogP contribution in [0.4, 0.5) is 8.78 Å². The Morgan fingerprint density at radius 3 is 2.60 bits per heavy atom. The highest BCUT2D eigenvalue weighted by molar-refractivity contribution is 6.31. The Kier molecular flexibility index (Phi) is 5.97. The van der Waals surface area contributed by atoms with Gasteiger partial charge in [-0.05, 0) is 13.0 Å². The number of nitrogens with zero attached hydrogens (tertiary/aromatic N) is 1. The fourth-order valence-corrected chi connectivity index (χ4v) is 1.66. The van der Waals surface area contributed by atoms with Crippen molar-refractivity contribution in [2.24, 2.45) is 0 Å². The van der Waals surface area contributed by atoms with Crippen LogP contribution in [-0.2, 0) is 4.84 Å². The minimum atomic E-state index is -3.10. The molecule has 0 saturated carbocycles. The van der Waals surface area contributed by atoms with E-state index in [-0.39, 0.29) is 28.7 Å². The summed E-state index contributed by atoms with van der Waals surface area (Å²) >= 11 is 5.85. The average Bonchev–Trinajstić information content (AvgIpc) is 2.39. The minimum Gasteiger partial charge on any atom is -0.490 e. The lowest BCUT2D eigenvalue weighted by molar-refractivity contribution is -0.0773. The number of amides is 1. The lowest BCUT2D eigenvalue weighted by Gasteiger charge is -2.19. The van der Waals surface area contributed by atoms with E-state index >= 15 is 0 Å². The van der Waals surface area contributed by atoms with Crippen molar-refractivity contribution in [2.75, 3.05) is 20.8 Å². The molecule has 1 rings (SSSR count). The van der Waals surface area contributed by atoms with Gasteiger partial charge in [-0.2, -0.15) is 8.78 Å². The van der Waals surface area contributed by atoms with Gasteiger partial charge in [0.15, 0.2) is 11.5 Å². The smallest absolute Gasteiger partial charge is 0.387 e. The Morgan fingerprint density at radius 1 is 1.45 bits per heavy atom. The van der Waals surface area contributed by atoms with Gasteiger partial charge in [0.05, 0.1) is 19.3 Å². The van der Waals surface area contributed by atoms with E-state index in [4.69, 9.17) is 21.2 Å². The van der Waals surface area contributed by atoms with Crippen LogP contribution in [0.25, 0.3) is 0 Å². The Labute approximate surface area is 119 Å². The summed E-state index contributed by atoms with van der Waals surface area (Å²) in [5, 5.41) is 1.02. The first-order valence-electron chi connectivity index (χ1n) is 5.64. The fraction of sp³-hybridized carbons (Fsp3) is 0.417. The first-order chi connectivity index (χ1) is 9.40. The standard InChI is InChI=1S/C12H14ClF2NO4/c1-4-19-9-6-7(13)5-8(10(9)20-12(14)15)11(17)16(2)18-3/h5-6,12H,4H2,1-3H3. The van der Waals surface area contributed by atoms with Gasteiger partial charge in [0.2, 0.25) is 0 Å². The summed E-state index contributed by atoms with van der Waals surface area (Å²) in [4.78, 5) is 16.8. The quantitative estimate of drug-likeness (QED) is 0.758. The van der Waals surface area contributed by atoms with E-state index in [1.54, 1.807) is 6.92 Å². The third kappa shape index (κ3) is 3.94. The maximum absolute atomic E-state index is 12.5. The van der Waals surface area contributed by atoms with E-state index in [0.29, 0.717) is 0 Å². The topological polar surface area (TPSA) is 48.0 Å². The van der Waals surface area contributed by atoms with E-state index in [0.717, 1.165) is 5.06 Å². The Balaban J connectivity index is 3.35. The minimum absolute atomic E-state index is 0.0341. The molecule has 0 aliphatic rings. The van der Waals surface area contributed by atoms with Crippen LogP contribution in [0.3, 0.4) is 0 Å². The molecule has 0 aliphatic heterocycles. The maximum Gasteiger partial charge on any atom is 0.387 e. The summed E-state index contributed by atoms with van der Waals surface area (Å²) in [6.45, 7) is -1.24. The van der Waals surface area contributed by atoms with Crippen molar-refractivity contribution in [3.05, 3.63) is 22.7 Å². The van der Waals surface area contributed by atoms with Crippen molar-refractivity contribution in [1.29, 1.82) is 0 Å². The van der Waals surface area contributed by atoms with Gasteiger partial charge in [-0.25, -0.2) is 5.06 Å². The largest absolute Gasteiger partial charge is 0.490 e. The molecule has 0 aromatic heterocycles. The first kappa shape index (κ1) is 16.5. The molecular weight excluding hydrogens is 296 g/mol. The predicted octanol–water partition coefficient (Wildman–Crippen LogP) is 2.97. The number of rotatable bonds is 6. The van der Waals surface area contributed by atoms with Crippen LogP contribution in [0.1, 0.15) is 17.3 Å². The van der Waals surface area contributed by atoms with E-state index in [9.17, 15) is 13.6 Å². The van der Waals surface area contributed by atoms with E-state index in [1.807, 2.05) is 0 Å². The van der Waals surface area contributed by atoms with Crippen LogP contribution in [0, 0.1) is 0 Å². The number of alkyl halides is 2. The van der Waals surface area contributed by atoms with Gasteiger partial charge < -0.3 is 9.47 Å². The zero-order valence-corrected chi connectivity index (χ0v) is 11.9. The number of carbonyl (C=O) groups is 1. The number of hydroxylamine groups is 2. The second kappa shape index (κ2) is 7.25. The molecule has 0 atom stereocenters. The van der Waals surface area contributed by atoms with Crippen LogP contribution in [0.2, 0.25) is 5.02 Å². The summed E-state index contributed by atoms with van der Waals surface area (Å²) in [5.74, 6) is -1.10. The van der Waals surface area contributed by atoms with Gasteiger partial charge in [-0.3, -0.25) is 9.63 Å². The van der Waals surface area contributed by atoms with E-state index in [2.05, 4.69) is 4.74 Å². The van der Waals surface area contributed by atoms with Gasteiger partial charge in [0.25, 0.3) is 5.91 Å². The highest BCUT2D eigenvalue weighted by Gasteiger charge is 2.24. The van der Waals surface area contributed by atoms with Crippen molar-refractivity contribution in [3.8, 4) is 11.5 Å². The molecule has 112 valence electrons. The molecule has 0 saturated heterocycles. The molecule has 0 N–H and O–H groups in total.